The van der Waals surface area contributed by atoms with Crippen molar-refractivity contribution in [2.45, 2.75) is 17.4 Å². The molecule has 0 aromatic carbocycles. The topological polar surface area (TPSA) is 137 Å². The predicted molar refractivity (Wildman–Crippen MR) is 54.8 cm³/mol. The highest BCUT2D eigenvalue weighted by Crippen LogP contribution is 2.08. The van der Waals surface area contributed by atoms with E-state index >= 15 is 0 Å². The van der Waals surface area contributed by atoms with Gasteiger partial charge in [0.1, 0.15) is 6.04 Å². The summed E-state index contributed by atoms with van der Waals surface area (Å²) in [4.78, 5) is 23.4. The van der Waals surface area contributed by atoms with Crippen LogP contribution in [0.1, 0.15) is 6.42 Å². The van der Waals surface area contributed by atoms with Crippen LogP contribution in [0.2, 0.25) is 0 Å². The fraction of sp³-hybridized carbons (Fsp3) is 0.250. The van der Waals surface area contributed by atoms with E-state index in [1.54, 1.807) is 4.72 Å². The molecule has 0 aliphatic carbocycles. The largest absolute Gasteiger partial charge is 0.481 e. The summed E-state index contributed by atoms with van der Waals surface area (Å²) in [7, 11) is -4.03. The monoisotopic (exact) mass is 262 g/mol. The maximum atomic E-state index is 11.6. The molecule has 0 saturated heterocycles. The van der Waals surface area contributed by atoms with Gasteiger partial charge in [-0.3, -0.25) is 9.59 Å². The Morgan fingerprint density at radius 2 is 2.06 bits per heavy atom. The highest BCUT2D eigenvalue weighted by molar-refractivity contribution is 7.89. The van der Waals surface area contributed by atoms with Crippen molar-refractivity contribution in [2.75, 3.05) is 0 Å². The number of nitrogens with one attached hydrogen (secondary N) is 2. The van der Waals surface area contributed by atoms with Crippen LogP contribution in [0.15, 0.2) is 23.4 Å². The van der Waals surface area contributed by atoms with Gasteiger partial charge < -0.3 is 15.2 Å². The fourth-order valence-electron chi connectivity index (χ4n) is 1.09. The maximum Gasteiger partial charge on any atom is 0.322 e. The minimum absolute atomic E-state index is 0.158. The number of hydrogen-bond acceptors (Lipinski definition) is 4. The van der Waals surface area contributed by atoms with E-state index in [2.05, 4.69) is 4.98 Å². The smallest absolute Gasteiger partial charge is 0.322 e. The molecule has 17 heavy (non-hydrogen) atoms. The molecule has 0 unspecified atom stereocenters. The second kappa shape index (κ2) is 4.97. The van der Waals surface area contributed by atoms with E-state index < -0.39 is 34.4 Å². The van der Waals surface area contributed by atoms with Crippen molar-refractivity contribution in [2.24, 2.45) is 0 Å². The van der Waals surface area contributed by atoms with Crippen LogP contribution in [0.3, 0.4) is 0 Å². The number of carboxylic acids is 2. The number of carbonyl (C=O) groups is 2. The van der Waals surface area contributed by atoms with Crippen LogP contribution in [-0.4, -0.2) is 41.6 Å². The van der Waals surface area contributed by atoms with E-state index in [-0.39, 0.29) is 4.90 Å². The third-order valence-corrected chi connectivity index (χ3v) is 3.32. The Bertz CT molecular complexity index is 506. The SMILES string of the molecule is O=C(O)C[C@@H](NS(=O)(=O)c1cc[nH]c1)C(=O)O. The fourth-order valence-corrected chi connectivity index (χ4v) is 2.25. The van der Waals surface area contributed by atoms with Crippen molar-refractivity contribution in [1.82, 2.24) is 9.71 Å². The van der Waals surface area contributed by atoms with Gasteiger partial charge in [-0.05, 0) is 6.07 Å². The Balaban J connectivity index is 2.87. The third kappa shape index (κ3) is 3.57. The zero-order valence-corrected chi connectivity index (χ0v) is 9.27. The summed E-state index contributed by atoms with van der Waals surface area (Å²) in [6, 6.07) is -0.477. The molecule has 0 aliphatic rings. The second-order valence-electron chi connectivity index (χ2n) is 3.16. The van der Waals surface area contributed by atoms with Crippen molar-refractivity contribution >= 4 is 22.0 Å². The summed E-state index contributed by atoms with van der Waals surface area (Å²) in [6.45, 7) is 0. The highest BCUT2D eigenvalue weighted by atomic mass is 32.2. The zero-order valence-electron chi connectivity index (χ0n) is 8.45. The van der Waals surface area contributed by atoms with Gasteiger partial charge in [-0.2, -0.15) is 4.72 Å². The molecule has 1 atom stereocenters. The van der Waals surface area contributed by atoms with Crippen molar-refractivity contribution in [3.8, 4) is 0 Å². The Kier molecular flexibility index (Phi) is 3.86. The van der Waals surface area contributed by atoms with Crippen LogP contribution in [0.25, 0.3) is 0 Å². The molecular formula is C8H10N2O6S. The zero-order chi connectivity index (χ0) is 13.1. The molecule has 0 aliphatic heterocycles. The van der Waals surface area contributed by atoms with Gasteiger partial charge in [0, 0.05) is 12.4 Å². The normalized spacial score (nSPS) is 13.2. The molecule has 1 heterocycles. The van der Waals surface area contributed by atoms with E-state index in [0.29, 0.717) is 0 Å². The molecule has 8 nitrogen and oxygen atoms in total. The summed E-state index contributed by atoms with van der Waals surface area (Å²) >= 11 is 0. The van der Waals surface area contributed by atoms with E-state index in [1.807, 2.05) is 0 Å². The first-order valence-electron chi connectivity index (χ1n) is 4.42. The third-order valence-electron chi connectivity index (χ3n) is 1.85. The van der Waals surface area contributed by atoms with Crippen molar-refractivity contribution < 1.29 is 28.2 Å². The molecule has 4 N–H and O–H groups in total. The van der Waals surface area contributed by atoms with Crippen LogP contribution in [0.5, 0.6) is 0 Å². The minimum Gasteiger partial charge on any atom is -0.481 e. The summed E-state index contributed by atoms with van der Waals surface area (Å²) in [5, 5.41) is 17.1. The summed E-state index contributed by atoms with van der Waals surface area (Å²) in [6.07, 6.45) is 1.67. The first kappa shape index (κ1) is 13.2. The Hall–Kier alpha value is -1.87. The number of rotatable bonds is 6. The van der Waals surface area contributed by atoms with E-state index in [1.165, 1.54) is 12.3 Å². The van der Waals surface area contributed by atoms with Gasteiger partial charge in [-0.25, -0.2) is 8.42 Å². The predicted octanol–water partition coefficient (Wildman–Crippen LogP) is -0.779. The molecule has 0 fully saturated rings. The lowest BCUT2D eigenvalue weighted by atomic mass is 10.2. The number of sulfonamides is 1. The van der Waals surface area contributed by atoms with E-state index in [9.17, 15) is 18.0 Å². The lowest BCUT2D eigenvalue weighted by Gasteiger charge is -2.11. The molecule has 0 bridgehead atoms. The van der Waals surface area contributed by atoms with Crippen LogP contribution < -0.4 is 4.72 Å². The van der Waals surface area contributed by atoms with Gasteiger partial charge in [-0.15, -0.1) is 0 Å². The van der Waals surface area contributed by atoms with Gasteiger partial charge in [0.05, 0.1) is 11.3 Å². The lowest BCUT2D eigenvalue weighted by Crippen LogP contribution is -2.42. The average molecular weight is 262 g/mol. The molecule has 0 amide bonds. The molecule has 1 aromatic rings. The number of aromatic amines is 1. The number of hydrogen-bond donors (Lipinski definition) is 4. The van der Waals surface area contributed by atoms with Crippen LogP contribution in [0.4, 0.5) is 0 Å². The molecular weight excluding hydrogens is 252 g/mol. The molecule has 1 rings (SSSR count). The van der Waals surface area contributed by atoms with Gasteiger partial charge in [0.2, 0.25) is 10.0 Å². The van der Waals surface area contributed by atoms with Gasteiger partial charge >= 0.3 is 11.9 Å². The number of carboxylic acid groups (broad SMARTS) is 2. The molecule has 9 heteroatoms. The summed E-state index contributed by atoms with van der Waals surface area (Å²) in [5.41, 5.74) is 0. The maximum absolute atomic E-state index is 11.6. The van der Waals surface area contributed by atoms with Crippen LogP contribution in [-0.2, 0) is 19.6 Å². The molecule has 94 valence electrons. The first-order valence-corrected chi connectivity index (χ1v) is 5.91. The molecule has 0 radical (unpaired) electrons. The number of aliphatic carboxylic acids is 2. The lowest BCUT2D eigenvalue weighted by molar-refractivity contribution is -0.145. The standard InChI is InChI=1S/C8H10N2O6S/c11-7(12)3-6(8(13)14)10-17(15,16)5-1-2-9-4-5/h1-2,4,6,9-10H,3H2,(H,11,12)(H,13,14)/t6-/m1/s1. The van der Waals surface area contributed by atoms with Crippen molar-refractivity contribution in [3.63, 3.8) is 0 Å². The quantitative estimate of drug-likeness (QED) is 0.531. The van der Waals surface area contributed by atoms with Crippen LogP contribution in [0, 0.1) is 0 Å². The molecule has 0 spiro atoms. The Labute approximate surface area is 96.3 Å². The van der Waals surface area contributed by atoms with Gasteiger partial charge in [0.25, 0.3) is 0 Å². The summed E-state index contributed by atoms with van der Waals surface area (Å²) in [5.74, 6) is -2.96. The number of H-pyrrole nitrogens is 1. The second-order valence-corrected chi connectivity index (χ2v) is 4.87. The highest BCUT2D eigenvalue weighted by Gasteiger charge is 2.27. The minimum atomic E-state index is -4.03. The van der Waals surface area contributed by atoms with Crippen LogP contribution >= 0.6 is 0 Å². The van der Waals surface area contributed by atoms with Crippen molar-refractivity contribution in [3.05, 3.63) is 18.5 Å². The average Bonchev–Trinajstić information content (AvgIpc) is 2.68. The summed E-state index contributed by atoms with van der Waals surface area (Å²) < 4.78 is 25.0. The Morgan fingerprint density at radius 3 is 2.47 bits per heavy atom. The number of aromatic nitrogens is 1. The molecule has 1 aromatic heterocycles. The first-order chi connectivity index (χ1) is 7.83. The van der Waals surface area contributed by atoms with E-state index in [4.69, 9.17) is 10.2 Å². The van der Waals surface area contributed by atoms with Crippen molar-refractivity contribution in [1.29, 1.82) is 0 Å². The van der Waals surface area contributed by atoms with Gasteiger partial charge in [-0.1, -0.05) is 0 Å². The molecule has 0 saturated carbocycles. The Morgan fingerprint density at radius 1 is 1.41 bits per heavy atom. The van der Waals surface area contributed by atoms with E-state index in [0.717, 1.165) is 6.20 Å². The van der Waals surface area contributed by atoms with Gasteiger partial charge in [0.15, 0.2) is 0 Å².